The van der Waals surface area contributed by atoms with Crippen molar-refractivity contribution in [1.82, 2.24) is 0 Å². The Labute approximate surface area is 129 Å². The molecule has 2 aromatic rings. The number of nitrogens with zero attached hydrogens (tertiary/aromatic N) is 1. The second-order valence-electron chi connectivity index (χ2n) is 4.46. The Morgan fingerprint density at radius 2 is 1.90 bits per heavy atom. The van der Waals surface area contributed by atoms with Gasteiger partial charge in [0.2, 0.25) is 5.91 Å². The van der Waals surface area contributed by atoms with E-state index in [0.29, 0.717) is 5.69 Å². The number of nitrogens with two attached hydrogens (primary N) is 1. The molecule has 2 aromatic carbocycles. The lowest BCUT2D eigenvalue weighted by Crippen LogP contribution is -2.11. The van der Waals surface area contributed by atoms with Crippen LogP contribution in [-0.2, 0) is 0 Å². The fourth-order valence-corrected chi connectivity index (χ4v) is 2.40. The third kappa shape index (κ3) is 3.38. The summed E-state index contributed by atoms with van der Waals surface area (Å²) in [6, 6.07) is 9.66. The van der Waals surface area contributed by atoms with Crippen LogP contribution in [0.4, 0.5) is 17.1 Å². The van der Waals surface area contributed by atoms with Crippen molar-refractivity contribution >= 4 is 38.9 Å². The second-order valence-corrected chi connectivity index (χ2v) is 5.32. The van der Waals surface area contributed by atoms with Crippen LogP contribution < -0.4 is 11.1 Å². The monoisotopic (exact) mass is 349 g/mol. The van der Waals surface area contributed by atoms with E-state index in [1.165, 1.54) is 12.1 Å². The van der Waals surface area contributed by atoms with E-state index in [1.54, 1.807) is 0 Å². The highest BCUT2D eigenvalue weighted by Crippen LogP contribution is 2.32. The van der Waals surface area contributed by atoms with Gasteiger partial charge in [0.1, 0.15) is 5.69 Å². The number of nitro benzene ring substituents is 1. The summed E-state index contributed by atoms with van der Waals surface area (Å²) in [4.78, 5) is 21.7. The van der Waals surface area contributed by atoms with E-state index < -0.39 is 10.8 Å². The number of carbonyl (C=O) groups excluding carboxylic acids is 1. The van der Waals surface area contributed by atoms with E-state index in [0.717, 1.165) is 16.1 Å². The highest BCUT2D eigenvalue weighted by molar-refractivity contribution is 9.10. The van der Waals surface area contributed by atoms with Crippen molar-refractivity contribution in [2.45, 2.75) is 6.92 Å². The first-order valence-corrected chi connectivity index (χ1v) is 6.79. The van der Waals surface area contributed by atoms with Gasteiger partial charge >= 0.3 is 0 Å². The first-order chi connectivity index (χ1) is 9.88. The van der Waals surface area contributed by atoms with Crippen molar-refractivity contribution in [3.05, 3.63) is 62.1 Å². The second kappa shape index (κ2) is 5.92. The Balaban J connectivity index is 2.44. The van der Waals surface area contributed by atoms with E-state index in [-0.39, 0.29) is 16.9 Å². The van der Waals surface area contributed by atoms with Crippen LogP contribution in [0, 0.1) is 17.0 Å². The van der Waals surface area contributed by atoms with Crippen LogP contribution in [0.1, 0.15) is 15.9 Å². The molecule has 0 aliphatic heterocycles. The number of nitrogens with one attached hydrogen (secondary N) is 1. The standard InChI is InChI=1S/C14H12BrN3O3/c1-8-2-4-11(10(15)6-8)17-12-5-3-9(14(16)19)7-13(12)18(20)21/h2-7,17H,1H3,(H2,16,19). The number of primary amides is 1. The number of amides is 1. The zero-order chi connectivity index (χ0) is 15.6. The number of hydrogen-bond acceptors (Lipinski definition) is 4. The molecular formula is C14H12BrN3O3. The Kier molecular flexibility index (Phi) is 4.23. The molecule has 3 N–H and O–H groups in total. The average molecular weight is 350 g/mol. The van der Waals surface area contributed by atoms with E-state index in [2.05, 4.69) is 21.2 Å². The summed E-state index contributed by atoms with van der Waals surface area (Å²) in [6.07, 6.45) is 0. The molecule has 0 atom stereocenters. The highest BCUT2D eigenvalue weighted by Gasteiger charge is 2.17. The van der Waals surface area contributed by atoms with Crippen molar-refractivity contribution < 1.29 is 9.72 Å². The SMILES string of the molecule is Cc1ccc(Nc2ccc(C(N)=O)cc2[N+](=O)[O-])c(Br)c1. The maximum Gasteiger partial charge on any atom is 0.293 e. The molecule has 21 heavy (non-hydrogen) atoms. The van der Waals surface area contributed by atoms with E-state index in [4.69, 9.17) is 5.73 Å². The van der Waals surface area contributed by atoms with Gasteiger partial charge in [0.05, 0.1) is 10.6 Å². The van der Waals surface area contributed by atoms with Crippen LogP contribution in [0.25, 0.3) is 0 Å². The lowest BCUT2D eigenvalue weighted by Gasteiger charge is -2.10. The summed E-state index contributed by atoms with van der Waals surface area (Å²) in [5.74, 6) is -0.707. The van der Waals surface area contributed by atoms with E-state index >= 15 is 0 Å². The van der Waals surface area contributed by atoms with Gasteiger partial charge in [-0.25, -0.2) is 0 Å². The minimum atomic E-state index is -0.707. The minimum Gasteiger partial charge on any atom is -0.366 e. The molecule has 0 heterocycles. The topological polar surface area (TPSA) is 98.3 Å². The molecule has 6 nitrogen and oxygen atoms in total. The molecule has 0 aromatic heterocycles. The number of anilines is 2. The summed E-state index contributed by atoms with van der Waals surface area (Å²) in [6.45, 7) is 1.94. The van der Waals surface area contributed by atoms with Crippen molar-refractivity contribution in [3.63, 3.8) is 0 Å². The lowest BCUT2D eigenvalue weighted by molar-refractivity contribution is -0.383. The van der Waals surface area contributed by atoms with Gasteiger partial charge in [0, 0.05) is 16.1 Å². The van der Waals surface area contributed by atoms with Gasteiger partial charge in [0.15, 0.2) is 0 Å². The molecule has 0 saturated carbocycles. The lowest BCUT2D eigenvalue weighted by atomic mass is 10.1. The van der Waals surface area contributed by atoms with Crippen molar-refractivity contribution in [2.24, 2.45) is 5.73 Å². The molecule has 2 rings (SSSR count). The molecule has 0 bridgehead atoms. The molecule has 108 valence electrons. The number of nitro groups is 1. The summed E-state index contributed by atoms with van der Waals surface area (Å²) < 4.78 is 0.788. The van der Waals surface area contributed by atoms with Crippen LogP contribution in [0.3, 0.4) is 0 Å². The summed E-state index contributed by atoms with van der Waals surface area (Å²) in [7, 11) is 0. The number of halogens is 1. The molecule has 0 spiro atoms. The average Bonchev–Trinajstić information content (AvgIpc) is 2.41. The molecule has 0 aliphatic carbocycles. The summed E-state index contributed by atoms with van der Waals surface area (Å²) in [5.41, 5.74) is 7.06. The van der Waals surface area contributed by atoms with Gasteiger partial charge in [-0.05, 0) is 52.7 Å². The summed E-state index contributed by atoms with van der Waals surface area (Å²) >= 11 is 3.40. The Morgan fingerprint density at radius 3 is 2.48 bits per heavy atom. The fourth-order valence-electron chi connectivity index (χ4n) is 1.81. The first kappa shape index (κ1) is 15.0. The van der Waals surface area contributed by atoms with E-state index in [9.17, 15) is 14.9 Å². The Hall–Kier alpha value is -2.41. The predicted octanol–water partition coefficient (Wildman–Crippen LogP) is 3.51. The van der Waals surface area contributed by atoms with Gasteiger partial charge in [-0.1, -0.05) is 6.07 Å². The van der Waals surface area contributed by atoms with Crippen molar-refractivity contribution in [1.29, 1.82) is 0 Å². The first-order valence-electron chi connectivity index (χ1n) is 6.00. The normalized spacial score (nSPS) is 10.2. The molecule has 0 saturated heterocycles. The maximum atomic E-state index is 11.1. The third-order valence-corrected chi connectivity index (χ3v) is 3.53. The molecule has 0 unspecified atom stereocenters. The zero-order valence-corrected chi connectivity index (χ0v) is 12.7. The Morgan fingerprint density at radius 1 is 1.24 bits per heavy atom. The Bertz CT molecular complexity index is 731. The molecule has 0 radical (unpaired) electrons. The van der Waals surface area contributed by atoms with Crippen LogP contribution in [0.2, 0.25) is 0 Å². The van der Waals surface area contributed by atoms with Crippen molar-refractivity contribution in [2.75, 3.05) is 5.32 Å². The quantitative estimate of drug-likeness (QED) is 0.651. The van der Waals surface area contributed by atoms with Crippen LogP contribution >= 0.6 is 15.9 Å². The number of aryl methyl sites for hydroxylation is 1. The number of hydrogen-bond donors (Lipinski definition) is 2. The van der Waals surface area contributed by atoms with Gasteiger partial charge < -0.3 is 11.1 Å². The molecule has 0 fully saturated rings. The van der Waals surface area contributed by atoms with Crippen LogP contribution in [-0.4, -0.2) is 10.8 Å². The zero-order valence-electron chi connectivity index (χ0n) is 11.1. The molecule has 1 amide bonds. The highest BCUT2D eigenvalue weighted by atomic mass is 79.9. The van der Waals surface area contributed by atoms with Crippen LogP contribution in [0.5, 0.6) is 0 Å². The van der Waals surface area contributed by atoms with E-state index in [1.807, 2.05) is 25.1 Å². The van der Waals surface area contributed by atoms with Gasteiger partial charge in [0.25, 0.3) is 5.69 Å². The van der Waals surface area contributed by atoms with Gasteiger partial charge in [-0.3, -0.25) is 14.9 Å². The molecule has 0 aliphatic rings. The number of carbonyl (C=O) groups is 1. The number of benzene rings is 2. The predicted molar refractivity (Wildman–Crippen MR) is 83.8 cm³/mol. The number of rotatable bonds is 4. The van der Waals surface area contributed by atoms with Crippen LogP contribution in [0.15, 0.2) is 40.9 Å². The molecule has 7 heteroatoms. The largest absolute Gasteiger partial charge is 0.366 e. The van der Waals surface area contributed by atoms with Crippen molar-refractivity contribution in [3.8, 4) is 0 Å². The third-order valence-electron chi connectivity index (χ3n) is 2.87. The van der Waals surface area contributed by atoms with Gasteiger partial charge in [-0.2, -0.15) is 0 Å². The fraction of sp³-hybridized carbons (Fsp3) is 0.0714. The molecular weight excluding hydrogens is 338 g/mol. The maximum absolute atomic E-state index is 11.1. The smallest absolute Gasteiger partial charge is 0.293 e. The van der Waals surface area contributed by atoms with Gasteiger partial charge in [-0.15, -0.1) is 0 Å². The summed E-state index contributed by atoms with van der Waals surface area (Å²) in [5, 5.41) is 14.1. The minimum absolute atomic E-state index is 0.0928.